The first-order valence-corrected chi connectivity index (χ1v) is 5.59. The van der Waals surface area contributed by atoms with E-state index in [1.807, 2.05) is 52.9 Å². The highest BCUT2D eigenvalue weighted by molar-refractivity contribution is 14.1. The van der Waals surface area contributed by atoms with E-state index in [2.05, 4.69) is 0 Å². The first kappa shape index (κ1) is 10.8. The normalized spacial score (nSPS) is 15.0. The zero-order valence-corrected chi connectivity index (χ0v) is 9.62. The lowest BCUT2D eigenvalue weighted by Crippen LogP contribution is -2.28. The van der Waals surface area contributed by atoms with Crippen molar-refractivity contribution < 1.29 is 9.13 Å². The second kappa shape index (κ2) is 4.79. The van der Waals surface area contributed by atoms with Crippen LogP contribution in [0.4, 0.5) is 4.39 Å². The van der Waals surface area contributed by atoms with Crippen LogP contribution in [0.3, 0.4) is 0 Å². The molecule has 0 spiro atoms. The summed E-state index contributed by atoms with van der Waals surface area (Å²) < 4.78 is 19.1. The summed E-state index contributed by atoms with van der Waals surface area (Å²) in [6.07, 6.45) is 0. The molecule has 1 atom stereocenters. The molecular formula is C10H12FIO. The second-order valence-corrected chi connectivity index (χ2v) is 3.91. The van der Waals surface area contributed by atoms with Gasteiger partial charge in [-0.3, -0.25) is 0 Å². The Morgan fingerprint density at radius 1 is 1.38 bits per heavy atom. The number of alkyl halides is 2. The molecule has 0 aliphatic carbocycles. The molecule has 0 saturated heterocycles. The van der Waals surface area contributed by atoms with Crippen LogP contribution in [0.1, 0.15) is 6.92 Å². The van der Waals surface area contributed by atoms with Gasteiger partial charge in [0.1, 0.15) is 12.4 Å². The van der Waals surface area contributed by atoms with Gasteiger partial charge in [0.2, 0.25) is 0 Å². The number of rotatable bonds is 4. The molecule has 1 nitrogen and oxygen atoms in total. The molecule has 0 heterocycles. The molecule has 0 fully saturated rings. The van der Waals surface area contributed by atoms with Crippen LogP contribution in [0.15, 0.2) is 30.3 Å². The van der Waals surface area contributed by atoms with Gasteiger partial charge in [-0.2, -0.15) is 0 Å². The van der Waals surface area contributed by atoms with Crippen molar-refractivity contribution in [1.82, 2.24) is 0 Å². The van der Waals surface area contributed by atoms with Crippen LogP contribution in [0.25, 0.3) is 0 Å². The predicted octanol–water partition coefficient (Wildman–Crippen LogP) is 3.23. The lowest BCUT2D eigenvalue weighted by molar-refractivity contribution is 0.128. The Kier molecular flexibility index (Phi) is 3.96. The molecular weight excluding hydrogens is 282 g/mol. The van der Waals surface area contributed by atoms with Crippen LogP contribution in [-0.4, -0.2) is 16.7 Å². The number of halogens is 2. The number of para-hydroxylation sites is 1. The predicted molar refractivity (Wildman–Crippen MR) is 60.3 cm³/mol. The van der Waals surface area contributed by atoms with Gasteiger partial charge in [-0.15, -0.1) is 0 Å². The molecule has 0 aromatic heterocycles. The molecule has 0 aliphatic rings. The summed E-state index contributed by atoms with van der Waals surface area (Å²) in [6.45, 7) is 1.66. The van der Waals surface area contributed by atoms with Crippen molar-refractivity contribution in [3.8, 4) is 5.75 Å². The quantitative estimate of drug-likeness (QED) is 0.612. The van der Waals surface area contributed by atoms with Crippen LogP contribution in [0.2, 0.25) is 0 Å². The average Bonchev–Trinajstić information content (AvgIpc) is 2.17. The summed E-state index contributed by atoms with van der Waals surface area (Å²) >= 11 is 2.02. The van der Waals surface area contributed by atoms with Gasteiger partial charge >= 0.3 is 0 Å². The highest BCUT2D eigenvalue weighted by Crippen LogP contribution is 2.17. The van der Waals surface area contributed by atoms with Gasteiger partial charge in [-0.25, -0.2) is 4.39 Å². The summed E-state index contributed by atoms with van der Waals surface area (Å²) in [4.78, 5) is 0. The number of benzene rings is 1. The van der Waals surface area contributed by atoms with Crippen molar-refractivity contribution >= 4 is 22.6 Å². The third-order valence-corrected chi connectivity index (χ3v) is 3.15. The van der Waals surface area contributed by atoms with E-state index in [1.165, 1.54) is 0 Å². The SMILES string of the molecule is CC(F)(CI)COc1ccccc1. The molecule has 0 saturated carbocycles. The molecule has 1 aromatic carbocycles. The maximum atomic E-state index is 13.4. The zero-order chi connectivity index (χ0) is 9.73. The van der Waals surface area contributed by atoms with Crippen LogP contribution >= 0.6 is 22.6 Å². The van der Waals surface area contributed by atoms with Crippen molar-refractivity contribution in [2.45, 2.75) is 12.6 Å². The summed E-state index contributed by atoms with van der Waals surface area (Å²) in [7, 11) is 0. The Hall–Kier alpha value is -0.320. The summed E-state index contributed by atoms with van der Waals surface area (Å²) in [5.41, 5.74) is -1.24. The third kappa shape index (κ3) is 3.93. The number of hydrogen-bond acceptors (Lipinski definition) is 1. The minimum absolute atomic E-state index is 0.111. The molecule has 0 radical (unpaired) electrons. The lowest BCUT2D eigenvalue weighted by Gasteiger charge is -2.17. The van der Waals surface area contributed by atoms with Gasteiger partial charge in [0, 0.05) is 4.43 Å². The fourth-order valence-corrected chi connectivity index (χ4v) is 1.01. The standard InChI is InChI=1S/C10H12FIO/c1-10(11,7-12)8-13-9-5-3-2-4-6-9/h2-6H,7-8H2,1H3. The first-order chi connectivity index (χ1) is 6.14. The maximum absolute atomic E-state index is 13.4. The first-order valence-electron chi connectivity index (χ1n) is 4.07. The Bertz CT molecular complexity index is 248. The Morgan fingerprint density at radius 2 is 2.00 bits per heavy atom. The number of hydrogen-bond donors (Lipinski definition) is 0. The Morgan fingerprint density at radius 3 is 2.54 bits per heavy atom. The van der Waals surface area contributed by atoms with Crippen molar-refractivity contribution in [2.24, 2.45) is 0 Å². The van der Waals surface area contributed by atoms with E-state index < -0.39 is 5.67 Å². The van der Waals surface area contributed by atoms with Crippen molar-refractivity contribution in [1.29, 1.82) is 0 Å². The monoisotopic (exact) mass is 294 g/mol. The fourth-order valence-electron chi connectivity index (χ4n) is 0.789. The largest absolute Gasteiger partial charge is 0.490 e. The highest BCUT2D eigenvalue weighted by Gasteiger charge is 2.22. The summed E-state index contributed by atoms with van der Waals surface area (Å²) in [6, 6.07) is 9.29. The Labute approximate surface area is 91.4 Å². The van der Waals surface area contributed by atoms with Gasteiger partial charge < -0.3 is 4.74 Å². The topological polar surface area (TPSA) is 9.23 Å². The van der Waals surface area contributed by atoms with Crippen LogP contribution in [0, 0.1) is 0 Å². The maximum Gasteiger partial charge on any atom is 0.150 e. The van der Waals surface area contributed by atoms with Gasteiger partial charge in [-0.05, 0) is 19.1 Å². The van der Waals surface area contributed by atoms with Gasteiger partial charge in [0.15, 0.2) is 5.67 Å². The molecule has 72 valence electrons. The molecule has 3 heteroatoms. The van der Waals surface area contributed by atoms with E-state index in [0.29, 0.717) is 4.43 Å². The molecule has 13 heavy (non-hydrogen) atoms. The van der Waals surface area contributed by atoms with Crippen LogP contribution < -0.4 is 4.74 Å². The van der Waals surface area contributed by atoms with E-state index >= 15 is 0 Å². The zero-order valence-electron chi connectivity index (χ0n) is 7.47. The van der Waals surface area contributed by atoms with Crippen molar-refractivity contribution in [3.63, 3.8) is 0 Å². The minimum Gasteiger partial charge on any atom is -0.490 e. The molecule has 0 amide bonds. The van der Waals surface area contributed by atoms with Crippen molar-refractivity contribution in [3.05, 3.63) is 30.3 Å². The van der Waals surface area contributed by atoms with Crippen LogP contribution in [0.5, 0.6) is 5.75 Å². The summed E-state index contributed by atoms with van der Waals surface area (Å²) in [5.74, 6) is 0.719. The van der Waals surface area contributed by atoms with Crippen LogP contribution in [-0.2, 0) is 0 Å². The fraction of sp³-hybridized carbons (Fsp3) is 0.400. The molecule has 0 aliphatic heterocycles. The average molecular weight is 294 g/mol. The van der Waals surface area contributed by atoms with E-state index in [1.54, 1.807) is 6.92 Å². The second-order valence-electron chi connectivity index (χ2n) is 3.15. The van der Waals surface area contributed by atoms with E-state index in [-0.39, 0.29) is 6.61 Å². The lowest BCUT2D eigenvalue weighted by atomic mass is 10.2. The van der Waals surface area contributed by atoms with E-state index in [0.717, 1.165) is 5.75 Å². The summed E-state index contributed by atoms with van der Waals surface area (Å²) in [5, 5.41) is 0. The van der Waals surface area contributed by atoms with E-state index in [4.69, 9.17) is 4.74 Å². The Balaban J connectivity index is 2.44. The molecule has 1 aromatic rings. The molecule has 1 unspecified atom stereocenters. The van der Waals surface area contributed by atoms with E-state index in [9.17, 15) is 4.39 Å². The van der Waals surface area contributed by atoms with Crippen molar-refractivity contribution in [2.75, 3.05) is 11.0 Å². The molecule has 1 rings (SSSR count). The third-order valence-electron chi connectivity index (χ3n) is 1.56. The van der Waals surface area contributed by atoms with Gasteiger partial charge in [0.05, 0.1) is 0 Å². The highest BCUT2D eigenvalue weighted by atomic mass is 127. The number of ether oxygens (including phenoxy) is 1. The minimum atomic E-state index is -1.24. The molecule has 0 N–H and O–H groups in total. The van der Waals surface area contributed by atoms with Gasteiger partial charge in [-0.1, -0.05) is 40.8 Å². The van der Waals surface area contributed by atoms with Gasteiger partial charge in [0.25, 0.3) is 0 Å². The smallest absolute Gasteiger partial charge is 0.150 e. The molecule has 0 bridgehead atoms.